The number of piperazine rings is 1. The Labute approximate surface area is 92.1 Å². The van der Waals surface area contributed by atoms with Gasteiger partial charge in [0.15, 0.2) is 0 Å². The lowest BCUT2D eigenvalue weighted by Crippen LogP contribution is -2.47. The Morgan fingerprint density at radius 2 is 2.14 bits per heavy atom. The zero-order valence-corrected chi connectivity index (χ0v) is 9.15. The molecule has 78 valence electrons. The van der Waals surface area contributed by atoms with Crippen LogP contribution in [0.1, 0.15) is 12.8 Å². The highest BCUT2D eigenvalue weighted by Crippen LogP contribution is 2.22. The van der Waals surface area contributed by atoms with Crippen LogP contribution < -0.4 is 5.32 Å². The van der Waals surface area contributed by atoms with E-state index in [-0.39, 0.29) is 12.4 Å². The molecule has 0 spiro atoms. The second-order valence-electron chi connectivity index (χ2n) is 3.73. The molecular formula is C11H17ClN2. The van der Waals surface area contributed by atoms with Crippen LogP contribution in [0.25, 0.3) is 0 Å². The first-order chi connectivity index (χ1) is 6.40. The van der Waals surface area contributed by atoms with Crippen LogP contribution in [0.5, 0.6) is 0 Å². The summed E-state index contributed by atoms with van der Waals surface area (Å²) in [6, 6.07) is 0.619. The Kier molecular flexibility index (Phi) is 4.47. The molecule has 0 aromatic heterocycles. The Balaban J connectivity index is 0.000000980. The molecule has 0 aromatic carbocycles. The minimum Gasteiger partial charge on any atom is -0.314 e. The monoisotopic (exact) mass is 212 g/mol. The first-order valence-electron chi connectivity index (χ1n) is 5.02. The summed E-state index contributed by atoms with van der Waals surface area (Å²) in [5, 5.41) is 3.36. The van der Waals surface area contributed by atoms with Gasteiger partial charge < -0.3 is 5.32 Å². The van der Waals surface area contributed by atoms with Crippen molar-refractivity contribution in [2.45, 2.75) is 18.9 Å². The van der Waals surface area contributed by atoms with Gasteiger partial charge in [0.1, 0.15) is 0 Å². The lowest BCUT2D eigenvalue weighted by molar-refractivity contribution is 0.200. The normalized spacial score (nSPS) is 27.6. The van der Waals surface area contributed by atoms with Crippen molar-refractivity contribution >= 4 is 12.4 Å². The fourth-order valence-corrected chi connectivity index (χ4v) is 2.12. The molecule has 0 aromatic rings. The van der Waals surface area contributed by atoms with E-state index in [1.807, 2.05) is 0 Å². The summed E-state index contributed by atoms with van der Waals surface area (Å²) in [7, 11) is 0. The predicted molar refractivity (Wildman–Crippen MR) is 61.6 cm³/mol. The Hall–Kier alpha value is -0.490. The van der Waals surface area contributed by atoms with Crippen LogP contribution in [0.15, 0.2) is 11.6 Å². The first-order valence-corrected chi connectivity index (χ1v) is 5.02. The van der Waals surface area contributed by atoms with E-state index in [0.29, 0.717) is 6.04 Å². The number of hydrogen-bond donors (Lipinski definition) is 1. The molecule has 2 aliphatic rings. The minimum atomic E-state index is 0. The summed E-state index contributed by atoms with van der Waals surface area (Å²) >= 11 is 0. The van der Waals surface area contributed by atoms with E-state index in [0.717, 1.165) is 19.5 Å². The average Bonchev–Trinajstić information content (AvgIpc) is 2.67. The molecule has 1 N–H and O–H groups in total. The van der Waals surface area contributed by atoms with Gasteiger partial charge >= 0.3 is 0 Å². The summed E-state index contributed by atoms with van der Waals surface area (Å²) < 4.78 is 0. The molecule has 1 fully saturated rings. The third kappa shape index (κ3) is 2.51. The zero-order chi connectivity index (χ0) is 9.10. The van der Waals surface area contributed by atoms with E-state index in [4.69, 9.17) is 6.42 Å². The van der Waals surface area contributed by atoms with Gasteiger partial charge in [-0.1, -0.05) is 12.0 Å². The number of hydrogen-bond acceptors (Lipinski definition) is 2. The second kappa shape index (κ2) is 5.41. The fraction of sp³-hybridized carbons (Fsp3) is 0.636. The van der Waals surface area contributed by atoms with Crippen molar-refractivity contribution in [3.05, 3.63) is 11.6 Å². The maximum atomic E-state index is 5.38. The Morgan fingerprint density at radius 3 is 2.71 bits per heavy atom. The SMILES string of the molecule is C#CC1=CC(N2CCNCC2)CC1.Cl. The van der Waals surface area contributed by atoms with Crippen LogP contribution >= 0.6 is 12.4 Å². The summed E-state index contributed by atoms with van der Waals surface area (Å²) in [6.45, 7) is 4.57. The van der Waals surface area contributed by atoms with E-state index in [1.165, 1.54) is 25.1 Å². The molecule has 3 heteroatoms. The number of halogens is 1. The van der Waals surface area contributed by atoms with Crippen molar-refractivity contribution in [2.75, 3.05) is 26.2 Å². The van der Waals surface area contributed by atoms with Crippen LogP contribution in [0.2, 0.25) is 0 Å². The van der Waals surface area contributed by atoms with Crippen LogP contribution in [-0.2, 0) is 0 Å². The Morgan fingerprint density at radius 1 is 1.43 bits per heavy atom. The molecule has 1 aliphatic carbocycles. The van der Waals surface area contributed by atoms with Gasteiger partial charge in [-0.15, -0.1) is 18.8 Å². The first kappa shape index (κ1) is 11.6. The molecule has 0 bridgehead atoms. The molecule has 1 heterocycles. The topological polar surface area (TPSA) is 15.3 Å². The molecule has 1 aliphatic heterocycles. The van der Waals surface area contributed by atoms with Crippen molar-refractivity contribution in [2.24, 2.45) is 0 Å². The number of rotatable bonds is 1. The zero-order valence-electron chi connectivity index (χ0n) is 8.33. The molecule has 2 nitrogen and oxygen atoms in total. The number of nitrogens with zero attached hydrogens (tertiary/aromatic N) is 1. The molecule has 1 unspecified atom stereocenters. The van der Waals surface area contributed by atoms with Gasteiger partial charge in [-0.2, -0.15) is 0 Å². The Bertz CT molecular complexity index is 249. The minimum absolute atomic E-state index is 0. The maximum absolute atomic E-state index is 5.38. The molecule has 2 rings (SSSR count). The third-order valence-electron chi connectivity index (χ3n) is 2.91. The second-order valence-corrected chi connectivity index (χ2v) is 3.73. The largest absolute Gasteiger partial charge is 0.314 e. The summed E-state index contributed by atoms with van der Waals surface area (Å²) in [5.74, 6) is 2.75. The van der Waals surface area contributed by atoms with Gasteiger partial charge in [0.2, 0.25) is 0 Å². The fourth-order valence-electron chi connectivity index (χ4n) is 2.12. The lowest BCUT2D eigenvalue weighted by Gasteiger charge is -2.31. The van der Waals surface area contributed by atoms with Gasteiger partial charge in [0, 0.05) is 32.2 Å². The van der Waals surface area contributed by atoms with Crippen molar-refractivity contribution in [1.82, 2.24) is 10.2 Å². The van der Waals surface area contributed by atoms with E-state index < -0.39 is 0 Å². The van der Waals surface area contributed by atoms with Crippen molar-refractivity contribution in [3.63, 3.8) is 0 Å². The quantitative estimate of drug-likeness (QED) is 0.654. The van der Waals surface area contributed by atoms with Crippen molar-refractivity contribution < 1.29 is 0 Å². The third-order valence-corrected chi connectivity index (χ3v) is 2.91. The number of terminal acetylenes is 1. The van der Waals surface area contributed by atoms with E-state index in [2.05, 4.69) is 22.2 Å². The van der Waals surface area contributed by atoms with Crippen molar-refractivity contribution in [1.29, 1.82) is 0 Å². The molecule has 0 amide bonds. The van der Waals surface area contributed by atoms with Crippen LogP contribution in [-0.4, -0.2) is 37.1 Å². The molecular weight excluding hydrogens is 196 g/mol. The van der Waals surface area contributed by atoms with E-state index in [1.54, 1.807) is 0 Å². The molecule has 1 atom stereocenters. The number of nitrogens with one attached hydrogen (secondary N) is 1. The molecule has 0 radical (unpaired) electrons. The van der Waals surface area contributed by atoms with Gasteiger partial charge in [0.05, 0.1) is 0 Å². The molecule has 14 heavy (non-hydrogen) atoms. The molecule has 1 saturated heterocycles. The smallest absolute Gasteiger partial charge is 0.0294 e. The van der Waals surface area contributed by atoms with E-state index in [9.17, 15) is 0 Å². The summed E-state index contributed by atoms with van der Waals surface area (Å²) in [5.41, 5.74) is 1.20. The standard InChI is InChI=1S/C11H16N2.ClH/c1-2-10-3-4-11(9-10)13-7-5-12-6-8-13;/h1,9,11-12H,3-8H2;1H. The van der Waals surface area contributed by atoms with Gasteiger partial charge in [0.25, 0.3) is 0 Å². The van der Waals surface area contributed by atoms with Crippen LogP contribution in [0, 0.1) is 12.3 Å². The number of allylic oxidation sites excluding steroid dienone is 1. The summed E-state index contributed by atoms with van der Waals surface area (Å²) in [6.07, 6.45) is 9.97. The highest BCUT2D eigenvalue weighted by molar-refractivity contribution is 5.85. The van der Waals surface area contributed by atoms with Gasteiger partial charge in [-0.3, -0.25) is 4.90 Å². The van der Waals surface area contributed by atoms with Crippen molar-refractivity contribution in [3.8, 4) is 12.3 Å². The van der Waals surface area contributed by atoms with Gasteiger partial charge in [-0.05, 0) is 18.4 Å². The van der Waals surface area contributed by atoms with Gasteiger partial charge in [-0.25, -0.2) is 0 Å². The molecule has 0 saturated carbocycles. The average molecular weight is 213 g/mol. The summed E-state index contributed by atoms with van der Waals surface area (Å²) in [4.78, 5) is 2.53. The lowest BCUT2D eigenvalue weighted by atomic mass is 10.2. The van der Waals surface area contributed by atoms with E-state index >= 15 is 0 Å². The maximum Gasteiger partial charge on any atom is 0.0294 e. The predicted octanol–water partition coefficient (Wildman–Crippen LogP) is 1.04. The van der Waals surface area contributed by atoms with Crippen LogP contribution in [0.3, 0.4) is 0 Å². The highest BCUT2D eigenvalue weighted by atomic mass is 35.5. The van der Waals surface area contributed by atoms with Crippen LogP contribution in [0.4, 0.5) is 0 Å². The highest BCUT2D eigenvalue weighted by Gasteiger charge is 2.22.